The number of urea groups is 1. The topological polar surface area (TPSA) is 41.1 Å². The summed E-state index contributed by atoms with van der Waals surface area (Å²) >= 11 is 17.8. The second kappa shape index (κ2) is 6.56. The van der Waals surface area contributed by atoms with E-state index in [4.69, 9.17) is 34.8 Å². The molecule has 110 valence electrons. The number of benzene rings is 2. The van der Waals surface area contributed by atoms with E-state index in [9.17, 15) is 4.79 Å². The highest BCUT2D eigenvalue weighted by atomic mass is 35.5. The molecule has 0 spiro atoms. The van der Waals surface area contributed by atoms with Gasteiger partial charge in [-0.05, 0) is 49.2 Å². The summed E-state index contributed by atoms with van der Waals surface area (Å²) in [6.45, 7) is 3.72. The summed E-state index contributed by atoms with van der Waals surface area (Å²) in [7, 11) is 0. The van der Waals surface area contributed by atoms with Crippen molar-refractivity contribution < 1.29 is 4.79 Å². The van der Waals surface area contributed by atoms with Gasteiger partial charge in [0, 0.05) is 16.4 Å². The molecule has 0 heterocycles. The number of rotatable bonds is 2. The Balaban J connectivity index is 2.15. The molecule has 0 bridgehead atoms. The zero-order valence-electron chi connectivity index (χ0n) is 11.4. The van der Waals surface area contributed by atoms with E-state index in [1.54, 1.807) is 24.3 Å². The van der Waals surface area contributed by atoms with Crippen LogP contribution in [0.5, 0.6) is 0 Å². The highest BCUT2D eigenvalue weighted by Gasteiger charge is 2.09. The summed E-state index contributed by atoms with van der Waals surface area (Å²) < 4.78 is 0. The second-order valence-corrected chi connectivity index (χ2v) is 5.87. The van der Waals surface area contributed by atoms with E-state index in [1.807, 2.05) is 19.9 Å². The highest BCUT2D eigenvalue weighted by molar-refractivity contribution is 6.42. The number of hydrogen-bond donors (Lipinski definition) is 2. The van der Waals surface area contributed by atoms with Crippen LogP contribution in [0, 0.1) is 13.8 Å². The van der Waals surface area contributed by atoms with Crippen LogP contribution in [0.15, 0.2) is 30.3 Å². The zero-order valence-corrected chi connectivity index (χ0v) is 13.7. The summed E-state index contributed by atoms with van der Waals surface area (Å²) in [5, 5.41) is 6.88. The van der Waals surface area contributed by atoms with Gasteiger partial charge in [-0.25, -0.2) is 4.79 Å². The van der Waals surface area contributed by atoms with Crippen molar-refractivity contribution in [2.75, 3.05) is 10.6 Å². The van der Waals surface area contributed by atoms with E-state index in [0.29, 0.717) is 26.4 Å². The Hall–Kier alpha value is -1.42. The third-order valence-corrected chi connectivity index (χ3v) is 3.92. The van der Waals surface area contributed by atoms with Gasteiger partial charge in [0.15, 0.2) is 0 Å². The predicted octanol–water partition coefficient (Wildman–Crippen LogP) is 5.91. The van der Waals surface area contributed by atoms with Crippen LogP contribution < -0.4 is 10.6 Å². The molecule has 0 saturated carbocycles. The molecule has 2 amide bonds. The second-order valence-electron chi connectivity index (χ2n) is 4.62. The van der Waals surface area contributed by atoms with Gasteiger partial charge in [-0.1, -0.05) is 40.9 Å². The maximum absolute atomic E-state index is 12.1. The van der Waals surface area contributed by atoms with E-state index < -0.39 is 0 Å². The van der Waals surface area contributed by atoms with Crippen LogP contribution >= 0.6 is 34.8 Å². The van der Waals surface area contributed by atoms with Gasteiger partial charge in [-0.3, -0.25) is 0 Å². The third kappa shape index (κ3) is 4.03. The molecular formula is C15H13Cl3N2O. The van der Waals surface area contributed by atoms with Crippen molar-refractivity contribution in [2.45, 2.75) is 13.8 Å². The Morgan fingerprint density at radius 2 is 1.43 bits per heavy atom. The predicted molar refractivity (Wildman–Crippen MR) is 90.0 cm³/mol. The molecule has 0 radical (unpaired) electrons. The fraction of sp³-hybridized carbons (Fsp3) is 0.133. The van der Waals surface area contributed by atoms with Crippen molar-refractivity contribution >= 4 is 52.2 Å². The van der Waals surface area contributed by atoms with Crippen molar-refractivity contribution in [2.24, 2.45) is 0 Å². The Kier molecular flexibility index (Phi) is 4.99. The number of carbonyl (C=O) groups is 1. The van der Waals surface area contributed by atoms with Gasteiger partial charge in [0.25, 0.3) is 0 Å². The monoisotopic (exact) mass is 342 g/mol. The number of halogens is 3. The lowest BCUT2D eigenvalue weighted by Crippen LogP contribution is -2.20. The van der Waals surface area contributed by atoms with Crippen LogP contribution in [-0.4, -0.2) is 6.03 Å². The Labute approximate surface area is 138 Å². The average Bonchev–Trinajstić information content (AvgIpc) is 2.40. The Morgan fingerprint density at radius 1 is 0.857 bits per heavy atom. The number of nitrogens with one attached hydrogen (secondary N) is 2. The maximum atomic E-state index is 12.1. The third-order valence-electron chi connectivity index (χ3n) is 2.96. The molecule has 0 aliphatic carbocycles. The quantitative estimate of drug-likeness (QED) is 0.699. The fourth-order valence-corrected chi connectivity index (χ4v) is 2.34. The summed E-state index contributed by atoms with van der Waals surface area (Å²) in [4.78, 5) is 12.1. The van der Waals surface area contributed by atoms with E-state index in [0.717, 1.165) is 11.1 Å². The van der Waals surface area contributed by atoms with E-state index in [1.165, 1.54) is 0 Å². The van der Waals surface area contributed by atoms with Gasteiger partial charge in [-0.15, -0.1) is 0 Å². The van der Waals surface area contributed by atoms with Gasteiger partial charge in [0.2, 0.25) is 0 Å². The lowest BCUT2D eigenvalue weighted by Gasteiger charge is -2.12. The highest BCUT2D eigenvalue weighted by Crippen LogP contribution is 2.29. The van der Waals surface area contributed by atoms with Crippen molar-refractivity contribution in [3.05, 3.63) is 56.5 Å². The summed E-state index contributed by atoms with van der Waals surface area (Å²) in [6, 6.07) is 8.24. The van der Waals surface area contributed by atoms with Crippen molar-refractivity contribution in [3.63, 3.8) is 0 Å². The van der Waals surface area contributed by atoms with Gasteiger partial charge < -0.3 is 10.6 Å². The smallest absolute Gasteiger partial charge is 0.307 e. The normalized spacial score (nSPS) is 10.3. The number of carbonyl (C=O) groups excluding carboxylic acids is 1. The lowest BCUT2D eigenvalue weighted by molar-refractivity contribution is 0.262. The molecule has 0 aliphatic rings. The molecule has 2 aromatic carbocycles. The van der Waals surface area contributed by atoms with Gasteiger partial charge >= 0.3 is 6.03 Å². The van der Waals surface area contributed by atoms with Crippen molar-refractivity contribution in [3.8, 4) is 0 Å². The molecule has 0 atom stereocenters. The molecular weight excluding hydrogens is 331 g/mol. The van der Waals surface area contributed by atoms with Crippen LogP contribution in [0.25, 0.3) is 0 Å². The molecule has 2 N–H and O–H groups in total. The maximum Gasteiger partial charge on any atom is 0.323 e. The molecule has 0 aromatic heterocycles. The first-order valence-electron chi connectivity index (χ1n) is 6.16. The molecule has 0 saturated heterocycles. The van der Waals surface area contributed by atoms with Gasteiger partial charge in [0.1, 0.15) is 0 Å². The lowest BCUT2D eigenvalue weighted by atomic mass is 10.2. The van der Waals surface area contributed by atoms with Crippen molar-refractivity contribution in [1.82, 2.24) is 0 Å². The molecule has 2 aromatic rings. The van der Waals surface area contributed by atoms with Crippen LogP contribution in [0.4, 0.5) is 16.2 Å². The summed E-state index contributed by atoms with van der Waals surface area (Å²) in [6.07, 6.45) is 0. The van der Waals surface area contributed by atoms with Crippen LogP contribution in [-0.2, 0) is 0 Å². The van der Waals surface area contributed by atoms with E-state index in [2.05, 4.69) is 10.6 Å². The van der Waals surface area contributed by atoms with Crippen molar-refractivity contribution in [1.29, 1.82) is 0 Å². The number of amides is 2. The van der Waals surface area contributed by atoms with Crippen LogP contribution in [0.2, 0.25) is 15.1 Å². The summed E-state index contributed by atoms with van der Waals surface area (Å²) in [5.41, 5.74) is 2.99. The molecule has 21 heavy (non-hydrogen) atoms. The van der Waals surface area contributed by atoms with Gasteiger partial charge in [0.05, 0.1) is 10.0 Å². The first kappa shape index (κ1) is 16.0. The molecule has 0 aliphatic heterocycles. The summed E-state index contributed by atoms with van der Waals surface area (Å²) in [5.74, 6) is 0. The molecule has 3 nitrogen and oxygen atoms in total. The molecule has 2 rings (SSSR count). The Morgan fingerprint density at radius 3 is 2.10 bits per heavy atom. The van der Waals surface area contributed by atoms with Gasteiger partial charge in [-0.2, -0.15) is 0 Å². The minimum absolute atomic E-state index is 0.373. The standard InChI is InChI=1S/C15H13Cl3N2O/c1-8-3-4-10(16)6-13(8)19-15(21)20-14-7-12(18)11(17)5-9(14)2/h3-7H,1-2H3,(H2,19,20,21). The average molecular weight is 344 g/mol. The Bertz CT molecular complexity index is 702. The largest absolute Gasteiger partial charge is 0.323 e. The molecule has 0 fully saturated rings. The first-order valence-corrected chi connectivity index (χ1v) is 7.30. The van der Waals surface area contributed by atoms with Crippen LogP contribution in [0.3, 0.4) is 0 Å². The fourth-order valence-electron chi connectivity index (χ4n) is 1.79. The number of aryl methyl sites for hydroxylation is 2. The zero-order chi connectivity index (χ0) is 15.6. The SMILES string of the molecule is Cc1ccc(Cl)cc1NC(=O)Nc1cc(Cl)c(Cl)cc1C. The first-order chi connectivity index (χ1) is 9.86. The minimum Gasteiger partial charge on any atom is -0.307 e. The molecule has 0 unspecified atom stereocenters. The minimum atomic E-state index is -0.373. The van der Waals surface area contributed by atoms with E-state index in [-0.39, 0.29) is 6.03 Å². The van der Waals surface area contributed by atoms with E-state index >= 15 is 0 Å². The number of anilines is 2. The molecule has 6 heteroatoms. The van der Waals surface area contributed by atoms with Crippen LogP contribution in [0.1, 0.15) is 11.1 Å². The number of hydrogen-bond acceptors (Lipinski definition) is 1.